The maximum Gasteiger partial charge on any atom is 0.416 e. The fourth-order valence-corrected chi connectivity index (χ4v) is 4.14. The summed E-state index contributed by atoms with van der Waals surface area (Å²) in [6.45, 7) is 3.96. The normalized spacial score (nSPS) is 12.5. The van der Waals surface area contributed by atoms with Crippen LogP contribution in [0.1, 0.15) is 19.4 Å². The summed E-state index contributed by atoms with van der Waals surface area (Å²) < 4.78 is 46.7. The van der Waals surface area contributed by atoms with Crippen LogP contribution < -0.4 is 15.4 Å². The zero-order valence-corrected chi connectivity index (χ0v) is 20.4. The number of aromatic nitrogens is 3. The van der Waals surface area contributed by atoms with Crippen molar-refractivity contribution in [2.24, 2.45) is 4.99 Å². The van der Waals surface area contributed by atoms with Gasteiger partial charge in [-0.2, -0.15) is 13.2 Å². The van der Waals surface area contributed by atoms with Gasteiger partial charge in [0.05, 0.1) is 58.0 Å². The number of nitrogens with zero attached hydrogens (tertiary/aromatic N) is 4. The second-order valence-corrected chi connectivity index (χ2v) is 8.78. The highest BCUT2D eigenvalue weighted by Crippen LogP contribution is 2.33. The Labute approximate surface area is 211 Å². The number of para-hydroxylation sites is 2. The number of anilines is 2. The Balaban J connectivity index is 1.74. The summed E-state index contributed by atoms with van der Waals surface area (Å²) >= 11 is 0. The summed E-state index contributed by atoms with van der Waals surface area (Å²) in [5, 5.41) is 4.06. The van der Waals surface area contributed by atoms with E-state index in [-0.39, 0.29) is 6.04 Å². The fourth-order valence-electron chi connectivity index (χ4n) is 4.14. The molecule has 2 aliphatic rings. The van der Waals surface area contributed by atoms with Crippen molar-refractivity contribution >= 4 is 22.4 Å². The maximum atomic E-state index is 13.2. The van der Waals surface area contributed by atoms with E-state index in [1.54, 1.807) is 19.4 Å². The molecule has 0 atom stereocenters. The molecule has 9 heteroatoms. The van der Waals surface area contributed by atoms with Crippen LogP contribution >= 0.6 is 0 Å². The van der Waals surface area contributed by atoms with Gasteiger partial charge in [-0.25, -0.2) is 9.97 Å². The maximum absolute atomic E-state index is 13.2. The molecule has 1 N–H and O–H groups in total. The monoisotopic (exact) mass is 503 g/mol. The number of alkyl halides is 3. The first-order chi connectivity index (χ1) is 17.7. The minimum atomic E-state index is -4.41. The molecule has 2 aromatic carbocycles. The molecule has 0 saturated heterocycles. The van der Waals surface area contributed by atoms with E-state index in [0.29, 0.717) is 28.1 Å². The first-order valence-corrected chi connectivity index (χ1v) is 11.7. The van der Waals surface area contributed by atoms with Gasteiger partial charge in [0.1, 0.15) is 0 Å². The van der Waals surface area contributed by atoms with E-state index in [9.17, 15) is 13.2 Å². The summed E-state index contributed by atoms with van der Waals surface area (Å²) in [4.78, 5) is 13.9. The molecule has 0 bridgehead atoms. The standard InChI is InChI=1S/C28H24F3N5O/c1-17(2)33-23-15-26-24(14-22(23)34-19-10-13-27(37-3)32-16-19)35-21-6-4-5-7-25(21)36(26)20-11-8-18(9-12-20)28(29,30)31/h4-17,34H,1-3H3/b33-23+. The van der Waals surface area contributed by atoms with Gasteiger partial charge in [0.15, 0.2) is 0 Å². The molecule has 37 heavy (non-hydrogen) atoms. The van der Waals surface area contributed by atoms with Crippen molar-refractivity contribution in [3.05, 3.63) is 89.9 Å². The minimum absolute atomic E-state index is 0.0000675. The van der Waals surface area contributed by atoms with Gasteiger partial charge in [-0.3, -0.25) is 4.99 Å². The Morgan fingerprint density at radius 2 is 1.73 bits per heavy atom. The van der Waals surface area contributed by atoms with Gasteiger partial charge in [0, 0.05) is 17.8 Å². The number of rotatable bonds is 5. The Morgan fingerprint density at radius 3 is 2.38 bits per heavy atom. The van der Waals surface area contributed by atoms with Gasteiger partial charge in [0.25, 0.3) is 0 Å². The highest BCUT2D eigenvalue weighted by Gasteiger charge is 2.30. The molecule has 1 aliphatic carbocycles. The van der Waals surface area contributed by atoms with E-state index in [4.69, 9.17) is 14.7 Å². The lowest BCUT2D eigenvalue weighted by Gasteiger charge is -2.21. The van der Waals surface area contributed by atoms with Gasteiger partial charge in [0.2, 0.25) is 5.88 Å². The van der Waals surface area contributed by atoms with Crippen LogP contribution in [0.3, 0.4) is 0 Å². The van der Waals surface area contributed by atoms with E-state index in [0.717, 1.165) is 34.7 Å². The highest BCUT2D eigenvalue weighted by molar-refractivity contribution is 5.84. The molecule has 5 rings (SSSR count). The van der Waals surface area contributed by atoms with Crippen molar-refractivity contribution < 1.29 is 17.9 Å². The first kappa shape index (κ1) is 24.3. The van der Waals surface area contributed by atoms with Crippen LogP contribution in [0, 0.1) is 0 Å². The topological polar surface area (TPSA) is 64.3 Å². The molecule has 0 radical (unpaired) electrons. The summed E-state index contributed by atoms with van der Waals surface area (Å²) in [7, 11) is 1.56. The molecule has 0 saturated carbocycles. The number of pyridine rings is 1. The average molecular weight is 504 g/mol. The number of halogens is 3. The molecule has 0 fully saturated rings. The smallest absolute Gasteiger partial charge is 0.416 e. The SMILES string of the molecule is COc1ccc(Nc2cc3nc4ccccc4n(-c4ccc(C(F)(F)F)cc4)c-3c/c2=N\C(C)C)cn1. The van der Waals surface area contributed by atoms with Crippen molar-refractivity contribution in [2.75, 3.05) is 12.4 Å². The lowest BCUT2D eigenvalue weighted by molar-refractivity contribution is -0.137. The molecular weight excluding hydrogens is 479 g/mol. The number of hydrogen-bond donors (Lipinski definition) is 1. The van der Waals surface area contributed by atoms with Crippen LogP contribution in [0.2, 0.25) is 0 Å². The Hall–Kier alpha value is -4.40. The molecule has 3 aromatic rings. The fraction of sp³-hybridized carbons (Fsp3) is 0.179. The predicted molar refractivity (Wildman–Crippen MR) is 137 cm³/mol. The quantitative estimate of drug-likeness (QED) is 0.274. The lowest BCUT2D eigenvalue weighted by atomic mass is 10.1. The minimum Gasteiger partial charge on any atom is -0.481 e. The van der Waals surface area contributed by atoms with Crippen LogP contribution in [-0.2, 0) is 6.18 Å². The van der Waals surface area contributed by atoms with Crippen molar-refractivity contribution in [3.63, 3.8) is 0 Å². The third kappa shape index (κ3) is 4.97. The van der Waals surface area contributed by atoms with E-state index < -0.39 is 11.7 Å². The van der Waals surface area contributed by atoms with E-state index in [2.05, 4.69) is 10.3 Å². The number of nitrogens with one attached hydrogen (secondary N) is 1. The lowest BCUT2D eigenvalue weighted by Crippen LogP contribution is -2.16. The van der Waals surface area contributed by atoms with Crippen molar-refractivity contribution in [1.29, 1.82) is 0 Å². The zero-order valence-electron chi connectivity index (χ0n) is 20.4. The molecule has 0 spiro atoms. The molecule has 2 heterocycles. The van der Waals surface area contributed by atoms with Crippen molar-refractivity contribution in [1.82, 2.24) is 14.5 Å². The third-order valence-electron chi connectivity index (χ3n) is 5.77. The molecule has 188 valence electrons. The highest BCUT2D eigenvalue weighted by atomic mass is 19.4. The molecule has 1 aromatic heterocycles. The average Bonchev–Trinajstić information content (AvgIpc) is 2.87. The van der Waals surface area contributed by atoms with Crippen molar-refractivity contribution in [3.8, 4) is 23.0 Å². The number of ether oxygens (including phenoxy) is 1. The Morgan fingerprint density at radius 1 is 0.973 bits per heavy atom. The molecule has 0 unspecified atom stereocenters. The van der Waals surface area contributed by atoms with Crippen LogP contribution in [0.15, 0.2) is 84.0 Å². The summed E-state index contributed by atoms with van der Waals surface area (Å²) in [6.07, 6.45) is -2.75. The number of methoxy groups -OCH3 is 1. The number of hydrogen-bond acceptors (Lipinski definition) is 5. The van der Waals surface area contributed by atoms with Gasteiger partial charge in [-0.1, -0.05) is 12.1 Å². The van der Waals surface area contributed by atoms with Crippen LogP contribution in [-0.4, -0.2) is 27.7 Å². The molecule has 6 nitrogen and oxygen atoms in total. The largest absolute Gasteiger partial charge is 0.481 e. The second-order valence-electron chi connectivity index (χ2n) is 8.78. The van der Waals surface area contributed by atoms with Crippen LogP contribution in [0.4, 0.5) is 24.5 Å². The molecule has 0 amide bonds. The van der Waals surface area contributed by atoms with E-state index >= 15 is 0 Å². The first-order valence-electron chi connectivity index (χ1n) is 11.7. The van der Waals surface area contributed by atoms with Gasteiger partial charge < -0.3 is 14.6 Å². The van der Waals surface area contributed by atoms with Gasteiger partial charge in [-0.05, 0) is 68.4 Å². The molecular formula is C28H24F3N5O. The summed E-state index contributed by atoms with van der Waals surface area (Å²) in [5.41, 5.74) is 4.22. The van der Waals surface area contributed by atoms with E-state index in [1.165, 1.54) is 12.1 Å². The van der Waals surface area contributed by atoms with Gasteiger partial charge >= 0.3 is 6.18 Å². The van der Waals surface area contributed by atoms with Crippen LogP contribution in [0.5, 0.6) is 5.88 Å². The van der Waals surface area contributed by atoms with Gasteiger partial charge in [-0.15, -0.1) is 0 Å². The third-order valence-corrected chi connectivity index (χ3v) is 5.77. The van der Waals surface area contributed by atoms with Crippen LogP contribution in [0.25, 0.3) is 28.1 Å². The van der Waals surface area contributed by atoms with Crippen molar-refractivity contribution in [2.45, 2.75) is 26.1 Å². The Kier molecular flexibility index (Phi) is 6.29. The van der Waals surface area contributed by atoms with E-state index in [1.807, 2.05) is 60.9 Å². The number of fused-ring (bicyclic) bond motifs is 2. The summed E-state index contributed by atoms with van der Waals surface area (Å²) in [5.74, 6) is 0.502. The molecule has 1 aliphatic heterocycles. The number of benzene rings is 3. The summed E-state index contributed by atoms with van der Waals surface area (Å²) in [6, 6.07) is 20.1. The Bertz CT molecular complexity index is 1590. The predicted octanol–water partition coefficient (Wildman–Crippen LogP) is 6.61. The second kappa shape index (κ2) is 9.57. The zero-order chi connectivity index (χ0) is 26.2.